The summed E-state index contributed by atoms with van der Waals surface area (Å²) in [7, 11) is 0. The van der Waals surface area contributed by atoms with Gasteiger partial charge < -0.3 is 14.5 Å². The van der Waals surface area contributed by atoms with Crippen molar-refractivity contribution in [2.75, 3.05) is 44.2 Å². The maximum Gasteiger partial charge on any atom is 0.318 e. The minimum atomic E-state index is -1.03. The van der Waals surface area contributed by atoms with E-state index >= 15 is 0 Å². The van der Waals surface area contributed by atoms with Crippen LogP contribution >= 0.6 is 11.6 Å². The van der Waals surface area contributed by atoms with Crippen molar-refractivity contribution in [2.24, 2.45) is 0 Å². The summed E-state index contributed by atoms with van der Waals surface area (Å²) in [5.41, 5.74) is 2.66. The van der Waals surface area contributed by atoms with E-state index in [9.17, 15) is 18.8 Å². The van der Waals surface area contributed by atoms with Crippen molar-refractivity contribution >= 4 is 23.3 Å². The van der Waals surface area contributed by atoms with E-state index in [1.165, 1.54) is 4.90 Å². The largest absolute Gasteiger partial charge is 0.461 e. The molecule has 3 atom stereocenters. The predicted molar refractivity (Wildman–Crippen MR) is 185 cm³/mol. The van der Waals surface area contributed by atoms with Crippen LogP contribution in [0.5, 0.6) is 6.01 Å². The molecule has 1 aromatic heterocycles. The molecule has 3 fully saturated rings. The quantitative estimate of drug-likeness (QED) is 0.109. The monoisotopic (exact) mass is 672 g/mol. The van der Waals surface area contributed by atoms with E-state index in [1.807, 2.05) is 32.9 Å². The van der Waals surface area contributed by atoms with Crippen molar-refractivity contribution in [1.82, 2.24) is 19.8 Å². The Labute approximate surface area is 284 Å². The molecule has 1 amide bonds. The van der Waals surface area contributed by atoms with Crippen LogP contribution in [0.25, 0.3) is 0 Å². The van der Waals surface area contributed by atoms with Gasteiger partial charge in [-0.05, 0) is 51.0 Å². The van der Waals surface area contributed by atoms with Crippen LogP contribution in [0.1, 0.15) is 83.9 Å². The highest BCUT2D eigenvalue weighted by Gasteiger charge is 2.52. The van der Waals surface area contributed by atoms with Gasteiger partial charge in [-0.1, -0.05) is 70.2 Å². The number of alkyl halides is 1. The van der Waals surface area contributed by atoms with Crippen LogP contribution in [0.4, 0.5) is 14.6 Å². The lowest BCUT2D eigenvalue weighted by Crippen LogP contribution is -2.59. The van der Waals surface area contributed by atoms with Crippen molar-refractivity contribution in [3.63, 3.8) is 0 Å². The third kappa shape index (κ3) is 9.64. The first kappa shape index (κ1) is 38.2. The maximum absolute atomic E-state index is 14.3. The van der Waals surface area contributed by atoms with Crippen LogP contribution in [-0.4, -0.2) is 82.8 Å². The Morgan fingerprint density at radius 3 is 2.57 bits per heavy atom. The molecule has 4 heterocycles. The molecule has 0 aromatic carbocycles. The van der Waals surface area contributed by atoms with Gasteiger partial charge in [-0.25, -0.2) is 8.78 Å². The van der Waals surface area contributed by atoms with E-state index in [1.54, 1.807) is 6.08 Å². The molecule has 4 rings (SSSR count). The molecule has 3 aliphatic rings. The van der Waals surface area contributed by atoms with E-state index in [4.69, 9.17) is 26.3 Å². The second-order valence-electron chi connectivity index (χ2n) is 12.2. The zero-order valence-corrected chi connectivity index (χ0v) is 29.3. The minimum Gasteiger partial charge on any atom is -0.461 e. The third-order valence-corrected chi connectivity index (χ3v) is 9.39. The first-order valence-electron chi connectivity index (χ1n) is 17.0. The van der Waals surface area contributed by atoms with Crippen LogP contribution in [0, 0.1) is 11.3 Å². The summed E-state index contributed by atoms with van der Waals surface area (Å²) in [4.78, 5) is 28.0. The number of ether oxygens (including phenoxy) is 1. The first-order valence-corrected chi connectivity index (χ1v) is 17.3. The molecular formula is C36H51ClF2N6O2. The second kappa shape index (κ2) is 18.3. The van der Waals surface area contributed by atoms with Gasteiger partial charge in [0.1, 0.15) is 18.6 Å². The number of carbonyl (C=O) groups excluding carboxylic acids is 1. The van der Waals surface area contributed by atoms with Gasteiger partial charge in [0, 0.05) is 49.7 Å². The smallest absolute Gasteiger partial charge is 0.318 e. The van der Waals surface area contributed by atoms with Gasteiger partial charge in [-0.2, -0.15) is 15.2 Å². The van der Waals surface area contributed by atoms with Crippen LogP contribution in [0.3, 0.4) is 0 Å². The van der Waals surface area contributed by atoms with Gasteiger partial charge in [0.2, 0.25) is 0 Å². The fourth-order valence-electron chi connectivity index (χ4n) is 6.69. The Balaban J connectivity index is 0.00000294. The fourth-order valence-corrected chi connectivity index (χ4v) is 6.84. The van der Waals surface area contributed by atoms with Crippen molar-refractivity contribution < 1.29 is 18.3 Å². The third-order valence-electron chi connectivity index (χ3n) is 9.15. The van der Waals surface area contributed by atoms with E-state index < -0.39 is 23.9 Å². The first-order chi connectivity index (χ1) is 22.6. The number of rotatable bonds is 15. The molecular weight excluding hydrogens is 622 g/mol. The fraction of sp³-hybridized carbons (Fsp3) is 0.611. The SMILES string of the molecule is C=C/C=C\C(CCCCc1nc(OCC23CCN2CC(F)C3)nc(N2CCN(C(=O)C(=C)F)C(CC#N)C2)c1CCC)=C(/C)Cl.CC. The van der Waals surface area contributed by atoms with E-state index in [-0.39, 0.29) is 24.5 Å². The number of unbranched alkanes of at least 4 members (excludes halogenated alkanes) is 1. The number of hydrogen-bond donors (Lipinski definition) is 0. The van der Waals surface area contributed by atoms with Crippen molar-refractivity contribution in [2.45, 2.75) is 103 Å². The standard InChI is InChI=1S/C34H45ClF2N6O2.C2H6/c1-5-7-11-26(24(3)35)12-8-9-13-30-29(10-6-2)31(41-18-19-43(32(44)25(4)36)28(22-41)14-16-38)40-33(39-30)45-23-34-15-17-42(34)21-27(37)20-34;1-2/h5,7,11,27-28H,1,4,6,8-10,12-15,17-23H2,2-3H3;1-2H3/b11-7-,26-24-;. The number of allylic oxidation sites excluding steroid dienone is 5. The number of aromatic nitrogens is 2. The highest BCUT2D eigenvalue weighted by molar-refractivity contribution is 6.29. The summed E-state index contributed by atoms with van der Waals surface area (Å²) in [5, 5.41) is 10.3. The van der Waals surface area contributed by atoms with Crippen LogP contribution in [-0.2, 0) is 17.6 Å². The highest BCUT2D eigenvalue weighted by Crippen LogP contribution is 2.42. The molecule has 258 valence electrons. The number of amides is 1. The summed E-state index contributed by atoms with van der Waals surface area (Å²) in [6, 6.07) is 1.88. The Bertz CT molecular complexity index is 1360. The molecule has 0 N–H and O–H groups in total. The molecule has 0 aliphatic carbocycles. The number of nitriles is 1. The van der Waals surface area contributed by atoms with E-state index in [0.717, 1.165) is 72.8 Å². The lowest BCUT2D eigenvalue weighted by molar-refractivity contribution is -0.131. The van der Waals surface area contributed by atoms with Crippen molar-refractivity contribution in [3.8, 4) is 12.1 Å². The second-order valence-corrected chi connectivity index (χ2v) is 12.8. The predicted octanol–water partition coefficient (Wildman–Crippen LogP) is 7.40. The zero-order chi connectivity index (χ0) is 34.6. The number of carbonyl (C=O) groups is 1. The van der Waals surface area contributed by atoms with Crippen LogP contribution in [0.2, 0.25) is 0 Å². The van der Waals surface area contributed by atoms with Gasteiger partial charge in [0.15, 0.2) is 5.83 Å². The molecule has 3 aliphatic heterocycles. The summed E-state index contributed by atoms with van der Waals surface area (Å²) in [6.45, 7) is 17.5. The lowest BCUT2D eigenvalue weighted by atomic mass is 9.86. The molecule has 0 radical (unpaired) electrons. The summed E-state index contributed by atoms with van der Waals surface area (Å²) in [6.07, 6.45) is 11.0. The number of piperazine rings is 1. The maximum atomic E-state index is 14.3. The van der Waals surface area contributed by atoms with E-state index in [2.05, 4.69) is 36.0 Å². The zero-order valence-electron chi connectivity index (χ0n) is 28.5. The molecule has 1 aromatic rings. The number of halogens is 3. The van der Waals surface area contributed by atoms with Gasteiger partial charge in [-0.3, -0.25) is 9.69 Å². The Kier molecular flexibility index (Phi) is 14.9. The molecule has 3 saturated heterocycles. The number of fused-ring (bicyclic) bond motifs is 1. The van der Waals surface area contributed by atoms with Crippen molar-refractivity contribution in [3.05, 3.63) is 59.1 Å². The average Bonchev–Trinajstić information content (AvgIpc) is 3.27. The van der Waals surface area contributed by atoms with Gasteiger partial charge in [0.05, 0.1) is 29.8 Å². The average molecular weight is 673 g/mol. The molecule has 3 unspecified atom stereocenters. The summed E-state index contributed by atoms with van der Waals surface area (Å²) >= 11 is 6.33. The lowest BCUT2D eigenvalue weighted by Gasteiger charge is -2.47. The Morgan fingerprint density at radius 1 is 1.21 bits per heavy atom. The summed E-state index contributed by atoms with van der Waals surface area (Å²) < 4.78 is 34.4. The highest BCUT2D eigenvalue weighted by atomic mass is 35.5. The molecule has 0 bridgehead atoms. The molecule has 8 nitrogen and oxygen atoms in total. The number of aryl methyl sites for hydroxylation is 1. The summed E-state index contributed by atoms with van der Waals surface area (Å²) in [5.74, 6) is -1.10. The number of hydrogen-bond acceptors (Lipinski definition) is 7. The Morgan fingerprint density at radius 2 is 1.98 bits per heavy atom. The van der Waals surface area contributed by atoms with Gasteiger partial charge >= 0.3 is 6.01 Å². The van der Waals surface area contributed by atoms with Crippen LogP contribution in [0.15, 0.2) is 47.8 Å². The van der Waals surface area contributed by atoms with Crippen LogP contribution < -0.4 is 9.64 Å². The topological polar surface area (TPSA) is 85.6 Å². The van der Waals surface area contributed by atoms with Gasteiger partial charge in [-0.15, -0.1) is 0 Å². The minimum absolute atomic E-state index is 0.0544. The molecule has 0 saturated carbocycles. The molecule has 11 heteroatoms. The molecule has 0 spiro atoms. The van der Waals surface area contributed by atoms with E-state index in [0.29, 0.717) is 39.1 Å². The molecule has 47 heavy (non-hydrogen) atoms. The van der Waals surface area contributed by atoms with Crippen molar-refractivity contribution in [1.29, 1.82) is 5.26 Å². The normalized spacial score (nSPS) is 22.9. The Hall–Kier alpha value is -3.29. The number of nitrogens with zero attached hydrogens (tertiary/aromatic N) is 6. The van der Waals surface area contributed by atoms with Gasteiger partial charge in [0.25, 0.3) is 5.91 Å². The number of anilines is 1.